The number of aromatic amines is 1. The second-order valence-corrected chi connectivity index (χ2v) is 7.37. The molecule has 0 saturated carbocycles. The zero-order valence-electron chi connectivity index (χ0n) is 10.4. The van der Waals surface area contributed by atoms with Gasteiger partial charge in [-0.3, -0.25) is 0 Å². The summed E-state index contributed by atoms with van der Waals surface area (Å²) in [5.74, 6) is -0.0407. The molecular formula is C12H18FNO2S. The van der Waals surface area contributed by atoms with Crippen LogP contribution in [-0.2, 0) is 22.7 Å². The predicted molar refractivity (Wildman–Crippen MR) is 64.6 cm³/mol. The summed E-state index contributed by atoms with van der Waals surface area (Å²) < 4.78 is 37.0. The molecule has 0 aliphatic heterocycles. The Balaban J connectivity index is 2.34. The fourth-order valence-electron chi connectivity index (χ4n) is 2.52. The van der Waals surface area contributed by atoms with Gasteiger partial charge in [0.15, 0.2) is 9.84 Å². The second kappa shape index (κ2) is 3.83. The topological polar surface area (TPSA) is 49.9 Å². The molecule has 0 bridgehead atoms. The second-order valence-electron chi connectivity index (χ2n) is 5.39. The minimum atomic E-state index is -3.18. The third-order valence-corrected chi connectivity index (χ3v) is 4.77. The van der Waals surface area contributed by atoms with Crippen molar-refractivity contribution in [2.75, 3.05) is 6.26 Å². The average Bonchev–Trinajstić information content (AvgIpc) is 2.57. The van der Waals surface area contributed by atoms with Crippen molar-refractivity contribution in [2.45, 2.75) is 43.7 Å². The Morgan fingerprint density at radius 3 is 2.65 bits per heavy atom. The van der Waals surface area contributed by atoms with Crippen molar-refractivity contribution in [1.29, 1.82) is 0 Å². The maximum absolute atomic E-state index is 13.9. The average molecular weight is 259 g/mol. The normalized spacial score (nSPS) is 21.3. The highest BCUT2D eigenvalue weighted by molar-refractivity contribution is 7.90. The molecule has 1 aromatic rings. The molecule has 1 aliphatic carbocycles. The number of alkyl halides is 1. The summed E-state index contributed by atoms with van der Waals surface area (Å²) in [7, 11) is -3.18. The van der Waals surface area contributed by atoms with Crippen molar-refractivity contribution in [1.82, 2.24) is 4.98 Å². The number of sulfone groups is 1. The molecule has 3 nitrogen and oxygen atoms in total. The highest BCUT2D eigenvalue weighted by Crippen LogP contribution is 2.36. The van der Waals surface area contributed by atoms with Crippen molar-refractivity contribution in [2.24, 2.45) is 5.92 Å². The van der Waals surface area contributed by atoms with E-state index in [1.54, 1.807) is 13.8 Å². The van der Waals surface area contributed by atoms with E-state index in [9.17, 15) is 12.8 Å². The molecule has 1 atom stereocenters. The minimum Gasteiger partial charge on any atom is -0.364 e. The van der Waals surface area contributed by atoms with Crippen molar-refractivity contribution < 1.29 is 12.8 Å². The molecular weight excluding hydrogens is 241 g/mol. The number of aromatic nitrogens is 1. The van der Waals surface area contributed by atoms with E-state index < -0.39 is 15.5 Å². The minimum absolute atomic E-state index is 0.0407. The van der Waals surface area contributed by atoms with Crippen LogP contribution in [0.4, 0.5) is 4.39 Å². The van der Waals surface area contributed by atoms with Crippen molar-refractivity contribution in [3.05, 3.63) is 17.5 Å². The van der Waals surface area contributed by atoms with Crippen LogP contribution in [0.3, 0.4) is 0 Å². The van der Waals surface area contributed by atoms with Crippen LogP contribution in [-0.4, -0.2) is 25.3 Å². The SMILES string of the molecule is CC(C)(F)C1CCc2c(S(C)(=O)=O)c[nH]c2C1. The van der Waals surface area contributed by atoms with Crippen LogP contribution in [0.5, 0.6) is 0 Å². The van der Waals surface area contributed by atoms with Gasteiger partial charge in [0, 0.05) is 18.1 Å². The zero-order valence-corrected chi connectivity index (χ0v) is 11.2. The molecule has 0 aromatic carbocycles. The van der Waals surface area contributed by atoms with Gasteiger partial charge >= 0.3 is 0 Å². The van der Waals surface area contributed by atoms with Gasteiger partial charge in [0.25, 0.3) is 0 Å². The molecule has 1 unspecified atom stereocenters. The van der Waals surface area contributed by atoms with E-state index in [0.29, 0.717) is 24.2 Å². The maximum Gasteiger partial charge on any atom is 0.177 e. The molecule has 0 spiro atoms. The third-order valence-electron chi connectivity index (χ3n) is 3.60. The Labute approximate surface area is 101 Å². The largest absolute Gasteiger partial charge is 0.364 e. The number of hydrogen-bond acceptors (Lipinski definition) is 2. The molecule has 0 radical (unpaired) electrons. The first kappa shape index (κ1) is 12.6. The first-order valence-corrected chi connectivity index (χ1v) is 7.67. The van der Waals surface area contributed by atoms with Crippen LogP contribution in [0.15, 0.2) is 11.1 Å². The predicted octanol–water partition coefficient (Wildman–Crippen LogP) is 2.27. The lowest BCUT2D eigenvalue weighted by atomic mass is 9.79. The van der Waals surface area contributed by atoms with Crippen molar-refractivity contribution >= 4 is 9.84 Å². The lowest BCUT2D eigenvalue weighted by molar-refractivity contribution is 0.112. The number of nitrogens with one attached hydrogen (secondary N) is 1. The van der Waals surface area contributed by atoms with E-state index in [4.69, 9.17) is 0 Å². The summed E-state index contributed by atoms with van der Waals surface area (Å²) in [6.07, 6.45) is 4.68. The molecule has 17 heavy (non-hydrogen) atoms. The Morgan fingerprint density at radius 2 is 2.12 bits per heavy atom. The third kappa shape index (κ3) is 2.39. The Bertz CT molecular complexity index is 525. The summed E-state index contributed by atoms with van der Waals surface area (Å²) >= 11 is 0. The molecule has 5 heteroatoms. The number of H-pyrrole nitrogens is 1. The zero-order chi connectivity index (χ0) is 12.8. The van der Waals surface area contributed by atoms with Gasteiger partial charge in [-0.1, -0.05) is 0 Å². The molecule has 1 N–H and O–H groups in total. The maximum atomic E-state index is 13.9. The van der Waals surface area contributed by atoms with Crippen LogP contribution in [0.2, 0.25) is 0 Å². The molecule has 1 aliphatic rings. The highest BCUT2D eigenvalue weighted by atomic mass is 32.2. The fourth-order valence-corrected chi connectivity index (χ4v) is 3.46. The molecule has 0 fully saturated rings. The summed E-state index contributed by atoms with van der Waals surface area (Å²) in [6, 6.07) is 0. The van der Waals surface area contributed by atoms with E-state index in [2.05, 4.69) is 4.98 Å². The van der Waals surface area contributed by atoms with E-state index in [0.717, 1.165) is 11.3 Å². The Kier molecular flexibility index (Phi) is 2.84. The number of halogens is 1. The van der Waals surface area contributed by atoms with Crippen LogP contribution in [0.1, 0.15) is 31.5 Å². The summed E-state index contributed by atoms with van der Waals surface area (Å²) in [5, 5.41) is 0. The Hall–Kier alpha value is -0.840. The lowest BCUT2D eigenvalue weighted by Crippen LogP contribution is -2.31. The monoisotopic (exact) mass is 259 g/mol. The van der Waals surface area contributed by atoms with E-state index >= 15 is 0 Å². The van der Waals surface area contributed by atoms with Gasteiger partial charge < -0.3 is 4.98 Å². The van der Waals surface area contributed by atoms with Gasteiger partial charge in [0.05, 0.1) is 4.90 Å². The number of fused-ring (bicyclic) bond motifs is 1. The van der Waals surface area contributed by atoms with E-state index in [-0.39, 0.29) is 5.92 Å². The molecule has 0 saturated heterocycles. The lowest BCUT2D eigenvalue weighted by Gasteiger charge is -2.30. The van der Waals surface area contributed by atoms with Gasteiger partial charge in [-0.2, -0.15) is 0 Å². The van der Waals surface area contributed by atoms with Crippen LogP contribution >= 0.6 is 0 Å². The van der Waals surface area contributed by atoms with Crippen LogP contribution in [0, 0.1) is 5.92 Å². The van der Waals surface area contributed by atoms with Gasteiger partial charge in [0.2, 0.25) is 0 Å². The Morgan fingerprint density at radius 1 is 1.47 bits per heavy atom. The molecule has 1 heterocycles. The number of hydrogen-bond donors (Lipinski definition) is 1. The quantitative estimate of drug-likeness (QED) is 0.885. The van der Waals surface area contributed by atoms with Crippen LogP contribution < -0.4 is 0 Å². The molecule has 0 amide bonds. The van der Waals surface area contributed by atoms with Gasteiger partial charge in [-0.25, -0.2) is 12.8 Å². The molecule has 1 aromatic heterocycles. The van der Waals surface area contributed by atoms with Gasteiger partial charge in [-0.15, -0.1) is 0 Å². The first-order chi connectivity index (χ1) is 7.69. The van der Waals surface area contributed by atoms with Crippen molar-refractivity contribution in [3.63, 3.8) is 0 Å². The molecule has 2 rings (SSSR count). The molecule has 96 valence electrons. The number of rotatable bonds is 2. The highest BCUT2D eigenvalue weighted by Gasteiger charge is 2.34. The van der Waals surface area contributed by atoms with E-state index in [1.165, 1.54) is 12.5 Å². The van der Waals surface area contributed by atoms with Gasteiger partial charge in [0.1, 0.15) is 5.67 Å². The van der Waals surface area contributed by atoms with Crippen LogP contribution in [0.25, 0.3) is 0 Å². The standard InChI is InChI=1S/C12H18FNO2S/c1-12(2,13)8-4-5-9-10(6-8)14-7-11(9)17(3,15)16/h7-8,14H,4-6H2,1-3H3. The summed E-state index contributed by atoms with van der Waals surface area (Å²) in [6.45, 7) is 3.17. The first-order valence-electron chi connectivity index (χ1n) is 5.77. The van der Waals surface area contributed by atoms with E-state index in [1.807, 2.05) is 0 Å². The van der Waals surface area contributed by atoms with Gasteiger partial charge in [-0.05, 0) is 44.6 Å². The fraction of sp³-hybridized carbons (Fsp3) is 0.667. The summed E-state index contributed by atoms with van der Waals surface area (Å²) in [5.41, 5.74) is 0.522. The summed E-state index contributed by atoms with van der Waals surface area (Å²) in [4.78, 5) is 3.37. The smallest absolute Gasteiger partial charge is 0.177 e. The van der Waals surface area contributed by atoms with Crippen molar-refractivity contribution in [3.8, 4) is 0 Å².